The largest absolute Gasteiger partial charge is 0.508 e. The summed E-state index contributed by atoms with van der Waals surface area (Å²) in [5.41, 5.74) is 0.878. The number of aliphatic hydroxyl groups is 1. The first-order valence-corrected chi connectivity index (χ1v) is 8.45. The Balaban J connectivity index is 2.44. The highest BCUT2D eigenvalue weighted by molar-refractivity contribution is 6.09. The smallest absolute Gasteiger partial charge is 0.290 e. The molecule has 1 unspecified atom stereocenters. The van der Waals surface area contributed by atoms with Gasteiger partial charge >= 0.3 is 0 Å². The van der Waals surface area contributed by atoms with Gasteiger partial charge in [0.15, 0.2) is 11.5 Å². The topological polar surface area (TPSA) is 77.8 Å². The van der Waals surface area contributed by atoms with Crippen LogP contribution in [0.2, 0.25) is 0 Å². The Morgan fingerprint density at radius 1 is 1.17 bits per heavy atom. The van der Waals surface area contributed by atoms with Crippen LogP contribution in [0.25, 0.3) is 0 Å². The maximum Gasteiger partial charge on any atom is 0.290 e. The highest BCUT2D eigenvalue weighted by Crippen LogP contribution is 2.39. The molecule has 2 rings (SSSR count). The Kier molecular flexibility index (Phi) is 5.65. The monoisotopic (exact) mass is 331 g/mol. The number of Topliss-reactive ketones (excluding diaryl/α,β-unsaturated/α-hetero) is 1. The molecule has 0 fully saturated rings. The van der Waals surface area contributed by atoms with Crippen LogP contribution in [-0.2, 0) is 9.59 Å². The molecule has 0 bridgehead atoms. The molecule has 2 N–H and O–H groups in total. The van der Waals surface area contributed by atoms with Crippen LogP contribution in [0.15, 0.2) is 35.6 Å². The fourth-order valence-corrected chi connectivity index (χ4v) is 2.98. The Bertz CT molecular complexity index is 646. The Labute approximate surface area is 142 Å². The number of rotatable bonds is 7. The number of phenolic OH excluding ortho intramolecular Hbond substituents is 1. The maximum absolute atomic E-state index is 12.6. The lowest BCUT2D eigenvalue weighted by atomic mass is 9.91. The molecule has 1 amide bonds. The molecule has 1 aliphatic rings. The number of carbonyl (C=O) groups excluding carboxylic acids is 2. The summed E-state index contributed by atoms with van der Waals surface area (Å²) in [5.74, 6) is -1.36. The number of nitrogens with zero attached hydrogens (tertiary/aromatic N) is 1. The van der Waals surface area contributed by atoms with E-state index in [1.807, 2.05) is 0 Å². The standard InChI is InChI=1S/C19H25NO4/c1-4-5-6-11-20-16(13-7-9-14(21)10-8-13)15(17(22)12(2)3)18(23)19(20)24/h7-10,12,16,21,23H,4-6,11H2,1-3H3. The molecular formula is C19H25NO4. The number of hydrogen-bond donors (Lipinski definition) is 2. The average molecular weight is 331 g/mol. The lowest BCUT2D eigenvalue weighted by Crippen LogP contribution is -2.32. The minimum atomic E-state index is -0.593. The number of phenols is 1. The Morgan fingerprint density at radius 3 is 2.33 bits per heavy atom. The van der Waals surface area contributed by atoms with E-state index in [-0.39, 0.29) is 23.0 Å². The second kappa shape index (κ2) is 7.51. The van der Waals surface area contributed by atoms with E-state index in [4.69, 9.17) is 0 Å². The summed E-state index contributed by atoms with van der Waals surface area (Å²) < 4.78 is 0. The number of amides is 1. The zero-order valence-corrected chi connectivity index (χ0v) is 14.5. The minimum Gasteiger partial charge on any atom is -0.508 e. The summed E-state index contributed by atoms with van der Waals surface area (Å²) in [7, 11) is 0. The van der Waals surface area contributed by atoms with E-state index in [1.54, 1.807) is 30.9 Å². The highest BCUT2D eigenvalue weighted by atomic mass is 16.3. The summed E-state index contributed by atoms with van der Waals surface area (Å²) >= 11 is 0. The first-order chi connectivity index (χ1) is 11.4. The van der Waals surface area contributed by atoms with E-state index in [1.165, 1.54) is 12.1 Å². The third kappa shape index (κ3) is 3.45. The predicted octanol–water partition coefficient (Wildman–Crippen LogP) is 3.50. The number of carbonyl (C=O) groups is 2. The van der Waals surface area contributed by atoms with Crippen LogP contribution in [0.4, 0.5) is 0 Å². The molecule has 5 heteroatoms. The molecule has 1 aromatic carbocycles. The zero-order valence-electron chi connectivity index (χ0n) is 14.5. The Morgan fingerprint density at radius 2 is 1.79 bits per heavy atom. The fraction of sp³-hybridized carbons (Fsp3) is 0.474. The van der Waals surface area contributed by atoms with Gasteiger partial charge < -0.3 is 15.1 Å². The molecule has 0 spiro atoms. The number of unbranched alkanes of at least 4 members (excludes halogenated alkanes) is 2. The number of ketones is 1. The number of aliphatic hydroxyl groups excluding tert-OH is 1. The lowest BCUT2D eigenvalue weighted by molar-refractivity contribution is -0.129. The molecular weight excluding hydrogens is 306 g/mol. The fourth-order valence-electron chi connectivity index (χ4n) is 2.98. The van der Waals surface area contributed by atoms with Gasteiger partial charge in [-0.05, 0) is 24.1 Å². The first kappa shape index (κ1) is 18.0. The van der Waals surface area contributed by atoms with Gasteiger partial charge in [0.05, 0.1) is 11.6 Å². The number of aromatic hydroxyl groups is 1. The van der Waals surface area contributed by atoms with Crippen molar-refractivity contribution in [2.24, 2.45) is 5.92 Å². The van der Waals surface area contributed by atoms with Crippen molar-refractivity contribution in [2.45, 2.75) is 46.1 Å². The van der Waals surface area contributed by atoms with Gasteiger partial charge in [-0.2, -0.15) is 0 Å². The van der Waals surface area contributed by atoms with Crippen LogP contribution >= 0.6 is 0 Å². The van der Waals surface area contributed by atoms with Gasteiger partial charge in [-0.25, -0.2) is 0 Å². The molecule has 1 atom stereocenters. The van der Waals surface area contributed by atoms with Crippen LogP contribution in [-0.4, -0.2) is 33.3 Å². The predicted molar refractivity (Wildman–Crippen MR) is 91.6 cm³/mol. The van der Waals surface area contributed by atoms with Crippen molar-refractivity contribution in [3.05, 3.63) is 41.2 Å². The molecule has 0 saturated carbocycles. The third-order valence-electron chi connectivity index (χ3n) is 4.30. The van der Waals surface area contributed by atoms with Gasteiger partial charge in [-0.1, -0.05) is 45.7 Å². The zero-order chi connectivity index (χ0) is 17.9. The number of benzene rings is 1. The van der Waals surface area contributed by atoms with Gasteiger partial charge in [0, 0.05) is 12.5 Å². The molecule has 0 saturated heterocycles. The minimum absolute atomic E-state index is 0.116. The second-order valence-corrected chi connectivity index (χ2v) is 6.48. The van der Waals surface area contributed by atoms with Crippen molar-refractivity contribution in [3.63, 3.8) is 0 Å². The van der Waals surface area contributed by atoms with Gasteiger partial charge in [0.2, 0.25) is 0 Å². The van der Waals surface area contributed by atoms with E-state index in [2.05, 4.69) is 6.92 Å². The van der Waals surface area contributed by atoms with Crippen molar-refractivity contribution in [1.29, 1.82) is 0 Å². The molecule has 130 valence electrons. The highest BCUT2D eigenvalue weighted by Gasteiger charge is 2.43. The summed E-state index contributed by atoms with van der Waals surface area (Å²) in [6.07, 6.45) is 2.80. The van der Waals surface area contributed by atoms with E-state index < -0.39 is 17.7 Å². The molecule has 1 aliphatic heterocycles. The van der Waals surface area contributed by atoms with Crippen LogP contribution in [0.5, 0.6) is 5.75 Å². The summed E-state index contributed by atoms with van der Waals surface area (Å²) in [5, 5.41) is 19.8. The number of hydrogen-bond acceptors (Lipinski definition) is 4. The molecule has 24 heavy (non-hydrogen) atoms. The van der Waals surface area contributed by atoms with Crippen LogP contribution in [0, 0.1) is 5.92 Å². The van der Waals surface area contributed by atoms with Crippen LogP contribution < -0.4 is 0 Å². The summed E-state index contributed by atoms with van der Waals surface area (Å²) in [4.78, 5) is 26.6. The van der Waals surface area contributed by atoms with E-state index in [0.717, 1.165) is 19.3 Å². The molecule has 0 aliphatic carbocycles. The van der Waals surface area contributed by atoms with E-state index in [0.29, 0.717) is 12.1 Å². The third-order valence-corrected chi connectivity index (χ3v) is 4.30. The molecule has 5 nitrogen and oxygen atoms in total. The van der Waals surface area contributed by atoms with Crippen molar-refractivity contribution in [1.82, 2.24) is 4.90 Å². The SMILES string of the molecule is CCCCCN1C(=O)C(O)=C(C(=O)C(C)C)C1c1ccc(O)cc1. The van der Waals surface area contributed by atoms with E-state index in [9.17, 15) is 19.8 Å². The normalized spacial score (nSPS) is 17.9. The lowest BCUT2D eigenvalue weighted by Gasteiger charge is -2.27. The van der Waals surface area contributed by atoms with Crippen molar-refractivity contribution in [2.75, 3.05) is 6.54 Å². The van der Waals surface area contributed by atoms with E-state index >= 15 is 0 Å². The average Bonchev–Trinajstić information content (AvgIpc) is 2.80. The second-order valence-electron chi connectivity index (χ2n) is 6.48. The van der Waals surface area contributed by atoms with Crippen molar-refractivity contribution < 1.29 is 19.8 Å². The van der Waals surface area contributed by atoms with Crippen molar-refractivity contribution in [3.8, 4) is 5.75 Å². The van der Waals surface area contributed by atoms with Crippen LogP contribution in [0.1, 0.15) is 51.6 Å². The van der Waals surface area contributed by atoms with Crippen molar-refractivity contribution >= 4 is 11.7 Å². The van der Waals surface area contributed by atoms with Gasteiger partial charge in [-0.3, -0.25) is 9.59 Å². The van der Waals surface area contributed by atoms with Gasteiger partial charge in [0.25, 0.3) is 5.91 Å². The molecule has 1 aromatic rings. The molecule has 0 aromatic heterocycles. The Hall–Kier alpha value is -2.30. The summed E-state index contributed by atoms with van der Waals surface area (Å²) in [6.45, 7) is 6.06. The van der Waals surface area contributed by atoms with Gasteiger partial charge in [0.1, 0.15) is 5.75 Å². The molecule has 1 heterocycles. The van der Waals surface area contributed by atoms with Crippen LogP contribution in [0.3, 0.4) is 0 Å². The quantitative estimate of drug-likeness (QED) is 0.750. The first-order valence-electron chi connectivity index (χ1n) is 8.45. The summed E-state index contributed by atoms with van der Waals surface area (Å²) in [6, 6.07) is 5.83. The van der Waals surface area contributed by atoms with Gasteiger partial charge in [-0.15, -0.1) is 0 Å². The molecule has 0 radical (unpaired) electrons. The maximum atomic E-state index is 12.6.